The highest BCUT2D eigenvalue weighted by Crippen LogP contribution is 2.27. The number of rotatable bonds is 7. The Labute approximate surface area is 178 Å². The molecule has 1 unspecified atom stereocenters. The molecule has 0 spiro atoms. The molecule has 0 aliphatic rings. The highest BCUT2D eigenvalue weighted by molar-refractivity contribution is 7.99. The average Bonchev–Trinajstić information content (AvgIpc) is 3.13. The number of hydrogen-bond donors (Lipinski definition) is 0. The van der Waals surface area contributed by atoms with E-state index < -0.39 is 10.0 Å². The van der Waals surface area contributed by atoms with Crippen molar-refractivity contribution in [3.63, 3.8) is 0 Å². The van der Waals surface area contributed by atoms with Crippen LogP contribution >= 0.6 is 11.8 Å². The summed E-state index contributed by atoms with van der Waals surface area (Å²) in [6.45, 7) is 1.86. The van der Waals surface area contributed by atoms with Gasteiger partial charge in [-0.2, -0.15) is 0 Å². The molecular weight excluding hydrogens is 429 g/mol. The van der Waals surface area contributed by atoms with Crippen LogP contribution in [0.5, 0.6) is 0 Å². The fourth-order valence-electron chi connectivity index (χ4n) is 2.73. The lowest BCUT2D eigenvalue weighted by Crippen LogP contribution is -2.31. The molecule has 1 amide bonds. The van der Waals surface area contributed by atoms with Crippen LogP contribution in [0.4, 0.5) is 4.39 Å². The van der Waals surface area contributed by atoms with Gasteiger partial charge in [0.2, 0.25) is 15.9 Å². The highest BCUT2D eigenvalue weighted by atomic mass is 32.2. The molecule has 0 fully saturated rings. The van der Waals surface area contributed by atoms with Crippen LogP contribution in [0.2, 0.25) is 0 Å². The van der Waals surface area contributed by atoms with Gasteiger partial charge in [0.1, 0.15) is 11.3 Å². The first-order valence-corrected chi connectivity index (χ1v) is 11.5. The molecule has 3 aromatic rings. The molecule has 0 aliphatic heterocycles. The second-order valence-corrected chi connectivity index (χ2v) is 10.00. The summed E-state index contributed by atoms with van der Waals surface area (Å²) in [6.07, 6.45) is 0. The van der Waals surface area contributed by atoms with Gasteiger partial charge in [0.25, 0.3) is 5.22 Å². The summed E-state index contributed by atoms with van der Waals surface area (Å²) in [7, 11) is 1.02. The molecule has 0 bridgehead atoms. The van der Waals surface area contributed by atoms with Gasteiger partial charge < -0.3 is 9.32 Å². The molecule has 7 nitrogen and oxygen atoms in total. The Morgan fingerprint density at radius 1 is 1.17 bits per heavy atom. The van der Waals surface area contributed by atoms with Crippen LogP contribution in [0.1, 0.15) is 18.5 Å². The van der Waals surface area contributed by atoms with Gasteiger partial charge in [0, 0.05) is 21.1 Å². The largest absolute Gasteiger partial charge is 0.431 e. The first kappa shape index (κ1) is 22.3. The molecule has 160 valence electrons. The molecule has 10 heteroatoms. The van der Waals surface area contributed by atoms with E-state index in [4.69, 9.17) is 4.42 Å². The lowest BCUT2D eigenvalue weighted by Gasteiger charge is -2.25. The zero-order valence-corrected chi connectivity index (χ0v) is 18.6. The molecule has 0 radical (unpaired) electrons. The van der Waals surface area contributed by atoms with Gasteiger partial charge in [-0.05, 0) is 42.8 Å². The zero-order chi connectivity index (χ0) is 22.1. The third-order valence-electron chi connectivity index (χ3n) is 4.76. The van der Waals surface area contributed by atoms with Gasteiger partial charge in [0.15, 0.2) is 5.58 Å². The van der Waals surface area contributed by atoms with Gasteiger partial charge in [-0.15, -0.1) is 0 Å². The summed E-state index contributed by atoms with van der Waals surface area (Å²) in [5.74, 6) is -0.375. The van der Waals surface area contributed by atoms with E-state index in [1.165, 1.54) is 38.4 Å². The third kappa shape index (κ3) is 4.66. The van der Waals surface area contributed by atoms with E-state index in [0.29, 0.717) is 11.1 Å². The smallest absolute Gasteiger partial charge is 0.257 e. The first-order valence-electron chi connectivity index (χ1n) is 9.06. The summed E-state index contributed by atoms with van der Waals surface area (Å²) in [5.41, 5.74) is 1.67. The average molecular weight is 452 g/mol. The summed E-state index contributed by atoms with van der Waals surface area (Å²) < 4.78 is 44.4. The van der Waals surface area contributed by atoms with E-state index in [1.54, 1.807) is 30.1 Å². The molecule has 1 atom stereocenters. The third-order valence-corrected chi connectivity index (χ3v) is 7.39. The Bertz CT molecular complexity index is 1160. The van der Waals surface area contributed by atoms with Crippen molar-refractivity contribution >= 4 is 38.8 Å². The fourth-order valence-corrected chi connectivity index (χ4v) is 4.41. The number of hydrogen-bond acceptors (Lipinski definition) is 6. The molecular formula is C20H22FN3O4S2. The molecule has 30 heavy (non-hydrogen) atoms. The van der Waals surface area contributed by atoms with Crippen molar-refractivity contribution in [1.82, 2.24) is 14.2 Å². The summed E-state index contributed by atoms with van der Waals surface area (Å²) in [6, 6.07) is 10.3. The number of fused-ring (bicyclic) bond motifs is 1. The van der Waals surface area contributed by atoms with Crippen LogP contribution < -0.4 is 0 Å². The first-order chi connectivity index (χ1) is 14.1. The summed E-state index contributed by atoms with van der Waals surface area (Å²) >= 11 is 1.13. The van der Waals surface area contributed by atoms with Gasteiger partial charge in [-0.1, -0.05) is 23.9 Å². The quantitative estimate of drug-likeness (QED) is 0.511. The fraction of sp³-hybridized carbons (Fsp3) is 0.300. The van der Waals surface area contributed by atoms with Crippen molar-refractivity contribution in [2.75, 3.05) is 26.9 Å². The van der Waals surface area contributed by atoms with E-state index in [-0.39, 0.29) is 33.6 Å². The molecule has 1 aromatic heterocycles. The Hall–Kier alpha value is -2.43. The van der Waals surface area contributed by atoms with Crippen LogP contribution in [-0.4, -0.2) is 55.4 Å². The Balaban J connectivity index is 1.69. The predicted molar refractivity (Wildman–Crippen MR) is 113 cm³/mol. The van der Waals surface area contributed by atoms with Crippen molar-refractivity contribution in [3.8, 4) is 0 Å². The molecule has 1 heterocycles. The summed E-state index contributed by atoms with van der Waals surface area (Å²) in [5, 5.41) is 0.278. The second-order valence-electron chi connectivity index (χ2n) is 6.92. The second kappa shape index (κ2) is 8.75. The molecule has 0 saturated carbocycles. The van der Waals surface area contributed by atoms with E-state index in [0.717, 1.165) is 21.6 Å². The van der Waals surface area contributed by atoms with Gasteiger partial charge in [-0.25, -0.2) is 22.1 Å². The molecule has 0 N–H and O–H groups in total. The maximum atomic E-state index is 13.1. The van der Waals surface area contributed by atoms with Crippen molar-refractivity contribution in [2.45, 2.75) is 23.1 Å². The van der Waals surface area contributed by atoms with E-state index in [2.05, 4.69) is 4.98 Å². The van der Waals surface area contributed by atoms with Crippen LogP contribution in [0.3, 0.4) is 0 Å². The zero-order valence-electron chi connectivity index (χ0n) is 17.0. The van der Waals surface area contributed by atoms with Gasteiger partial charge in [0.05, 0.1) is 16.7 Å². The monoisotopic (exact) mass is 451 g/mol. The van der Waals surface area contributed by atoms with E-state index >= 15 is 0 Å². The molecule has 0 saturated heterocycles. The van der Waals surface area contributed by atoms with E-state index in [9.17, 15) is 17.6 Å². The molecule has 0 aliphatic carbocycles. The minimum Gasteiger partial charge on any atom is -0.431 e. The van der Waals surface area contributed by atoms with Crippen LogP contribution in [0.15, 0.2) is 57.0 Å². The van der Waals surface area contributed by atoms with Crippen molar-refractivity contribution in [1.29, 1.82) is 0 Å². The Kier molecular flexibility index (Phi) is 6.49. The lowest BCUT2D eigenvalue weighted by molar-refractivity contribution is -0.128. The maximum absolute atomic E-state index is 13.1. The minimum absolute atomic E-state index is 0.0950. The SMILES string of the molecule is CC(c1ccc(F)cc1)N(C)C(=O)CSc1nc2cc(S(=O)(=O)N(C)C)ccc2o1. The van der Waals surface area contributed by atoms with Gasteiger partial charge in [-0.3, -0.25) is 4.79 Å². The number of nitrogens with zero attached hydrogens (tertiary/aromatic N) is 3. The number of benzene rings is 2. The standard InChI is InChI=1S/C20H22FN3O4S2/c1-13(14-5-7-15(21)8-6-14)24(4)19(25)12-29-20-22-17-11-16(9-10-18(17)28-20)30(26,27)23(2)3/h5-11,13H,12H2,1-4H3. The normalized spacial score (nSPS) is 13.0. The number of sulfonamides is 1. The predicted octanol–water partition coefficient (Wildman–Crippen LogP) is 3.53. The van der Waals surface area contributed by atoms with Gasteiger partial charge >= 0.3 is 0 Å². The topological polar surface area (TPSA) is 83.7 Å². The number of aromatic nitrogens is 1. The molecule has 3 rings (SSSR count). The number of amides is 1. The lowest BCUT2D eigenvalue weighted by atomic mass is 10.1. The number of carbonyl (C=O) groups is 1. The number of thioether (sulfide) groups is 1. The minimum atomic E-state index is -3.57. The van der Waals surface area contributed by atoms with Crippen LogP contribution in [0.25, 0.3) is 11.1 Å². The highest BCUT2D eigenvalue weighted by Gasteiger charge is 2.21. The van der Waals surface area contributed by atoms with Crippen molar-refractivity contribution < 1.29 is 22.0 Å². The molecule has 2 aromatic carbocycles. The number of oxazole rings is 1. The van der Waals surface area contributed by atoms with Crippen molar-refractivity contribution in [3.05, 3.63) is 53.8 Å². The Morgan fingerprint density at radius 2 is 1.83 bits per heavy atom. The number of carbonyl (C=O) groups excluding carboxylic acids is 1. The van der Waals surface area contributed by atoms with E-state index in [1.807, 2.05) is 6.92 Å². The summed E-state index contributed by atoms with van der Waals surface area (Å²) in [4.78, 5) is 18.5. The Morgan fingerprint density at radius 3 is 2.47 bits per heavy atom. The van der Waals surface area contributed by atoms with Crippen molar-refractivity contribution in [2.24, 2.45) is 0 Å². The van der Waals surface area contributed by atoms with Crippen LogP contribution in [-0.2, 0) is 14.8 Å². The van der Waals surface area contributed by atoms with Crippen LogP contribution in [0, 0.1) is 5.82 Å². The number of halogens is 1. The maximum Gasteiger partial charge on any atom is 0.257 e.